The van der Waals surface area contributed by atoms with Crippen LogP contribution in [-0.4, -0.2) is 66.0 Å². The van der Waals surface area contributed by atoms with Crippen molar-refractivity contribution >= 4 is 81.8 Å². The van der Waals surface area contributed by atoms with E-state index < -0.39 is 16.1 Å². The number of para-hydroxylation sites is 4. The Morgan fingerprint density at radius 1 is 0.321 bits per heavy atom. The maximum atomic E-state index is 5.42. The molecule has 0 unspecified atom stereocenters. The average molecular weight is 1040 g/mol. The van der Waals surface area contributed by atoms with Crippen molar-refractivity contribution in [2.24, 2.45) is 0 Å². The van der Waals surface area contributed by atoms with Crippen LogP contribution in [-0.2, 0) is 0 Å². The maximum absolute atomic E-state index is 5.42. The summed E-state index contributed by atoms with van der Waals surface area (Å²) >= 11 is 0. The molecule has 0 N–H and O–H groups in total. The maximum Gasteiger partial charge on any atom is 0.182 e. The number of pyridine rings is 4. The van der Waals surface area contributed by atoms with Gasteiger partial charge in [0.25, 0.3) is 0 Å². The van der Waals surface area contributed by atoms with Crippen molar-refractivity contribution in [1.82, 2.24) is 49.8 Å². The van der Waals surface area contributed by atoms with Gasteiger partial charge in [-0.1, -0.05) is 111 Å². The molecule has 6 aromatic heterocycles. The molecule has 0 spiro atoms. The molecule has 0 saturated carbocycles. The van der Waals surface area contributed by atoms with Gasteiger partial charge in [0, 0.05) is 93.6 Å². The molecule has 78 heavy (non-hydrogen) atoms. The van der Waals surface area contributed by atoms with Gasteiger partial charge in [0.05, 0.1) is 0 Å². The summed E-state index contributed by atoms with van der Waals surface area (Å²) in [5.74, 6) is 2.72. The fourth-order valence-corrected chi connectivity index (χ4v) is 17.4. The van der Waals surface area contributed by atoms with Gasteiger partial charge in [-0.05, 0) is 129 Å². The van der Waals surface area contributed by atoms with Gasteiger partial charge in [0.1, 0.15) is 27.5 Å². The highest BCUT2D eigenvalue weighted by molar-refractivity contribution is 7.03. The van der Waals surface area contributed by atoms with Crippen LogP contribution in [0.25, 0.3) is 79.4 Å². The summed E-state index contributed by atoms with van der Waals surface area (Å²) in [5.41, 5.74) is 10.6. The fraction of sp³-hybridized carbons (Fsp3) is 0.0625. The highest BCUT2D eigenvalue weighted by Crippen LogP contribution is 2.48. The van der Waals surface area contributed by atoms with Gasteiger partial charge in [-0.25, -0.2) is 29.9 Å². The number of benzene rings is 6. The van der Waals surface area contributed by atoms with E-state index in [1.54, 1.807) is 37.2 Å². The lowest BCUT2D eigenvalue weighted by molar-refractivity contribution is 1.05. The molecule has 0 bridgehead atoms. The second kappa shape index (κ2) is 18.5. The first-order valence-electron chi connectivity index (χ1n) is 26.0. The number of nitrogens with zero attached hydrogens (tertiary/aromatic N) is 12. The van der Waals surface area contributed by atoms with Crippen molar-refractivity contribution in [3.05, 3.63) is 219 Å². The van der Waals surface area contributed by atoms with E-state index in [1.165, 1.54) is 20.7 Å². The Morgan fingerprint density at radius 2 is 0.667 bits per heavy atom. The number of rotatable bonds is 8. The molecule has 12 nitrogen and oxygen atoms in total. The van der Waals surface area contributed by atoms with Gasteiger partial charge in [-0.2, -0.15) is 0 Å². The Hall–Kier alpha value is -9.77. The van der Waals surface area contributed by atoms with Crippen molar-refractivity contribution in [2.75, 3.05) is 9.80 Å². The molecule has 0 atom stereocenters. The largest absolute Gasteiger partial charge is 0.311 e. The molecular formula is C64H48N12Si2. The molecule has 14 rings (SSSR count). The molecule has 372 valence electrons. The van der Waals surface area contributed by atoms with Gasteiger partial charge >= 0.3 is 0 Å². The molecule has 2 aliphatic rings. The summed E-state index contributed by atoms with van der Waals surface area (Å²) in [7, 11) is -4.38. The second-order valence-corrected chi connectivity index (χ2v) is 29.3. The smallest absolute Gasteiger partial charge is 0.182 e. The van der Waals surface area contributed by atoms with Crippen LogP contribution in [0.2, 0.25) is 26.2 Å². The van der Waals surface area contributed by atoms with Crippen molar-refractivity contribution < 1.29 is 0 Å². The highest BCUT2D eigenvalue weighted by atomic mass is 28.3. The third-order valence-corrected chi connectivity index (χ3v) is 22.3. The molecule has 0 amide bonds. The van der Waals surface area contributed by atoms with Crippen LogP contribution < -0.4 is 30.5 Å². The monoisotopic (exact) mass is 1040 g/mol. The van der Waals surface area contributed by atoms with E-state index in [0.29, 0.717) is 46.3 Å². The van der Waals surface area contributed by atoms with Gasteiger partial charge < -0.3 is 9.80 Å². The summed E-state index contributed by atoms with van der Waals surface area (Å²) in [6.07, 6.45) is 10.6. The van der Waals surface area contributed by atoms with Crippen LogP contribution in [0.15, 0.2) is 219 Å². The Bertz CT molecular complexity index is 3810. The zero-order chi connectivity index (χ0) is 52.5. The molecule has 14 heteroatoms. The zero-order valence-corrected chi connectivity index (χ0v) is 45.2. The normalized spacial score (nSPS) is 13.8. The predicted octanol–water partition coefficient (Wildman–Crippen LogP) is 12.0. The number of hydrogen-bond donors (Lipinski definition) is 0. The van der Waals surface area contributed by atoms with Crippen molar-refractivity contribution in [3.63, 3.8) is 0 Å². The number of hydrogen-bond acceptors (Lipinski definition) is 12. The van der Waals surface area contributed by atoms with Crippen LogP contribution >= 0.6 is 0 Å². The van der Waals surface area contributed by atoms with Crippen molar-refractivity contribution in [1.29, 1.82) is 0 Å². The molecule has 0 radical (unpaired) electrons. The first kappa shape index (κ1) is 46.7. The van der Waals surface area contributed by atoms with Gasteiger partial charge in [0.2, 0.25) is 0 Å². The lowest BCUT2D eigenvalue weighted by atomic mass is 9.95. The number of aromatic nitrogens is 10. The molecule has 0 aliphatic carbocycles. The Balaban J connectivity index is 1.15. The van der Waals surface area contributed by atoms with Crippen LogP contribution in [0.3, 0.4) is 0 Å². The average Bonchev–Trinajstić information content (AvgIpc) is 3.69. The van der Waals surface area contributed by atoms with Crippen molar-refractivity contribution in [2.45, 2.75) is 26.2 Å². The molecule has 0 fully saturated rings. The Labute approximate surface area is 453 Å². The fourth-order valence-electron chi connectivity index (χ4n) is 11.4. The molecule has 0 saturated heterocycles. The third kappa shape index (κ3) is 7.79. The van der Waals surface area contributed by atoms with E-state index in [4.69, 9.17) is 39.9 Å². The van der Waals surface area contributed by atoms with Gasteiger partial charge in [-0.3, -0.25) is 19.9 Å². The first-order chi connectivity index (χ1) is 38.2. The van der Waals surface area contributed by atoms with Gasteiger partial charge in [-0.15, -0.1) is 0 Å². The summed E-state index contributed by atoms with van der Waals surface area (Å²) < 4.78 is 0. The minimum Gasteiger partial charge on any atom is -0.311 e. The minimum atomic E-state index is -2.19. The Morgan fingerprint density at radius 3 is 1.01 bits per heavy atom. The van der Waals surface area contributed by atoms with E-state index in [-0.39, 0.29) is 0 Å². The molecule has 6 aromatic carbocycles. The molecular weight excluding hydrogens is 993 g/mol. The lowest BCUT2D eigenvalue weighted by Gasteiger charge is -2.41. The lowest BCUT2D eigenvalue weighted by Crippen LogP contribution is -2.58. The van der Waals surface area contributed by atoms with Crippen LogP contribution in [0, 0.1) is 0 Å². The summed E-state index contributed by atoms with van der Waals surface area (Å²) in [6, 6.07) is 63.8. The van der Waals surface area contributed by atoms with E-state index in [9.17, 15) is 0 Å². The van der Waals surface area contributed by atoms with E-state index >= 15 is 0 Å². The highest BCUT2D eigenvalue weighted by Gasteiger charge is 2.40. The van der Waals surface area contributed by atoms with E-state index in [0.717, 1.165) is 67.2 Å². The van der Waals surface area contributed by atoms with E-state index in [1.807, 2.05) is 60.7 Å². The third-order valence-electron chi connectivity index (χ3n) is 15.2. The SMILES string of the molecule is C[Si]1(C)c2ccccc2N(c2cc(-c3nc(-c4cccnc4)nc(-c4ccccn4)n3)c3cc(N4c5ccccc5[Si](C)(C)c5ccccc54)cc(-c4nc(-c5cccnc5)nc(-c5ccccn5)n4)c3c2)c2ccccc21. The number of fused-ring (bicyclic) bond motifs is 5. The summed E-state index contributed by atoms with van der Waals surface area (Å²) in [5, 5.41) is 7.09. The van der Waals surface area contributed by atoms with Crippen LogP contribution in [0.4, 0.5) is 34.1 Å². The molecule has 2 aliphatic heterocycles. The van der Waals surface area contributed by atoms with Crippen LogP contribution in [0.5, 0.6) is 0 Å². The summed E-state index contributed by atoms with van der Waals surface area (Å²) in [6.45, 7) is 9.77. The summed E-state index contributed by atoms with van der Waals surface area (Å²) in [4.78, 5) is 55.2. The van der Waals surface area contributed by atoms with Crippen LogP contribution in [0.1, 0.15) is 0 Å². The number of anilines is 6. The first-order valence-corrected chi connectivity index (χ1v) is 32.0. The topological polar surface area (TPSA) is 135 Å². The quantitative estimate of drug-likeness (QED) is 0.134. The zero-order valence-electron chi connectivity index (χ0n) is 43.2. The standard InChI is InChI=1S/C64H48N12Si2/c1-77(2)55-27-9-5-23-51(55)75(52-24-6-10-28-56(52)77)43-35-45-46(47(37-43)61-69-59(41-19-17-31-65-39-41)71-63(73-61)49-21-13-15-33-67-49)36-44(76-53-25-7-11-29-57(53)78(3,4)58-30-12-8-26-54(58)76)38-48(45)62-70-60(42-20-18-32-66-40-42)72-64(74-62)50-22-14-16-34-68-50/h5-40H,1-4H3. The Kier molecular flexibility index (Phi) is 11.1. The predicted molar refractivity (Wildman–Crippen MR) is 317 cm³/mol. The van der Waals surface area contributed by atoms with Gasteiger partial charge in [0.15, 0.2) is 34.9 Å². The molecule has 12 aromatic rings. The second-order valence-electron chi connectivity index (χ2n) is 20.6. The van der Waals surface area contributed by atoms with E-state index in [2.05, 4.69) is 167 Å². The van der Waals surface area contributed by atoms with Crippen molar-refractivity contribution in [3.8, 4) is 68.6 Å². The minimum absolute atomic E-state index is 0.431. The molecule has 8 heterocycles.